The Morgan fingerprint density at radius 2 is 2.18 bits per heavy atom. The molecule has 0 spiro atoms. The van der Waals surface area contributed by atoms with E-state index in [4.69, 9.17) is 11.6 Å². The number of hydrogen-bond donors (Lipinski definition) is 2. The summed E-state index contributed by atoms with van der Waals surface area (Å²) in [4.78, 5) is 26.4. The smallest absolute Gasteiger partial charge is 0.321 e. The maximum absolute atomic E-state index is 11.4. The van der Waals surface area contributed by atoms with Gasteiger partial charge in [0.2, 0.25) is 5.91 Å². The molecule has 1 rings (SSSR count). The Morgan fingerprint density at radius 3 is 2.71 bits per heavy atom. The maximum atomic E-state index is 11.4. The topological polar surface area (TPSA) is 76.0 Å². The summed E-state index contributed by atoms with van der Waals surface area (Å²) in [5.41, 5.74) is 0. The highest BCUT2D eigenvalue weighted by molar-refractivity contribution is 6.31. The molecule has 1 aromatic rings. The van der Waals surface area contributed by atoms with Gasteiger partial charge in [0.05, 0.1) is 6.33 Å². The quantitative estimate of drug-likeness (QED) is 0.782. The van der Waals surface area contributed by atoms with Gasteiger partial charge in [-0.1, -0.05) is 0 Å². The molecule has 0 bridgehead atoms. The Balaban J connectivity index is 2.33. The van der Waals surface area contributed by atoms with E-state index in [1.54, 1.807) is 18.7 Å². The minimum Gasteiger partial charge on any atom is -0.335 e. The first kappa shape index (κ1) is 13.5. The number of imide groups is 1. The zero-order valence-electron chi connectivity index (χ0n) is 9.68. The van der Waals surface area contributed by atoms with Gasteiger partial charge in [-0.05, 0) is 13.8 Å². The number of nitrogens with one attached hydrogen (secondary N) is 2. The molecule has 3 amide bonds. The molecule has 17 heavy (non-hydrogen) atoms. The van der Waals surface area contributed by atoms with Crippen molar-refractivity contribution in [1.29, 1.82) is 0 Å². The van der Waals surface area contributed by atoms with E-state index in [-0.39, 0.29) is 6.04 Å². The summed E-state index contributed by atoms with van der Waals surface area (Å²) in [6, 6.07) is -0.669. The van der Waals surface area contributed by atoms with Crippen LogP contribution in [0.5, 0.6) is 0 Å². The minimum atomic E-state index is -0.732. The number of imidazole rings is 1. The van der Waals surface area contributed by atoms with E-state index in [9.17, 15) is 9.59 Å². The van der Waals surface area contributed by atoms with E-state index >= 15 is 0 Å². The summed E-state index contributed by atoms with van der Waals surface area (Å²) in [5, 5.41) is 4.04. The zero-order chi connectivity index (χ0) is 12.8. The Labute approximate surface area is 104 Å². The summed E-state index contributed by atoms with van der Waals surface area (Å²) in [5.74, 6) is -0.515. The number of hydrogen-bond acceptors (Lipinski definition) is 3. The monoisotopic (exact) mass is 258 g/mol. The lowest BCUT2D eigenvalue weighted by molar-refractivity contribution is -0.119. The van der Waals surface area contributed by atoms with E-state index < -0.39 is 17.3 Å². The van der Waals surface area contributed by atoms with Crippen molar-refractivity contribution in [2.24, 2.45) is 0 Å². The summed E-state index contributed by atoms with van der Waals surface area (Å²) in [6.45, 7) is 3.91. The van der Waals surface area contributed by atoms with Gasteiger partial charge in [-0.2, -0.15) is 0 Å². The second-order valence-electron chi connectivity index (χ2n) is 3.74. The molecule has 94 valence electrons. The summed E-state index contributed by atoms with van der Waals surface area (Å²) >= 11 is 5.52. The normalized spacial score (nSPS) is 13.8. The second kappa shape index (κ2) is 6.24. The van der Waals surface area contributed by atoms with Crippen LogP contribution in [0.1, 0.15) is 13.8 Å². The van der Waals surface area contributed by atoms with Crippen LogP contribution in [0.15, 0.2) is 18.7 Å². The highest BCUT2D eigenvalue weighted by Gasteiger charge is 2.14. The Hall–Kier alpha value is -1.56. The molecule has 0 saturated heterocycles. The van der Waals surface area contributed by atoms with Crippen LogP contribution >= 0.6 is 11.6 Å². The number of carbonyl (C=O) groups is 2. The van der Waals surface area contributed by atoms with Crippen LogP contribution < -0.4 is 10.6 Å². The largest absolute Gasteiger partial charge is 0.335 e. The van der Waals surface area contributed by atoms with Crippen molar-refractivity contribution in [2.75, 3.05) is 0 Å². The zero-order valence-corrected chi connectivity index (χ0v) is 10.4. The summed E-state index contributed by atoms with van der Waals surface area (Å²) in [6.07, 6.45) is 5.11. The lowest BCUT2D eigenvalue weighted by Crippen LogP contribution is -2.46. The molecule has 1 heterocycles. The molecule has 0 aliphatic heterocycles. The Bertz CT molecular complexity index is 378. The van der Waals surface area contributed by atoms with Crippen LogP contribution in [0.25, 0.3) is 0 Å². The number of rotatable bonds is 4. The van der Waals surface area contributed by atoms with E-state index in [1.807, 2.05) is 11.5 Å². The Morgan fingerprint density at radius 1 is 1.47 bits per heavy atom. The highest BCUT2D eigenvalue weighted by atomic mass is 35.5. The molecule has 2 N–H and O–H groups in total. The summed E-state index contributed by atoms with van der Waals surface area (Å²) < 4.78 is 1.83. The van der Waals surface area contributed by atoms with Crippen molar-refractivity contribution >= 4 is 23.5 Å². The molecule has 6 nitrogen and oxygen atoms in total. The fraction of sp³-hybridized carbons (Fsp3) is 0.500. The highest BCUT2D eigenvalue weighted by Crippen LogP contribution is 1.94. The molecule has 0 aromatic carbocycles. The molecular formula is C10H15ClN4O2. The average molecular weight is 259 g/mol. The molecule has 0 fully saturated rings. The fourth-order valence-electron chi connectivity index (χ4n) is 1.23. The van der Waals surface area contributed by atoms with Crippen LogP contribution in [0.2, 0.25) is 0 Å². The third-order valence-corrected chi connectivity index (χ3v) is 2.22. The van der Waals surface area contributed by atoms with Gasteiger partial charge in [0.25, 0.3) is 0 Å². The van der Waals surface area contributed by atoms with E-state index in [0.29, 0.717) is 6.54 Å². The van der Waals surface area contributed by atoms with Crippen molar-refractivity contribution in [1.82, 2.24) is 20.2 Å². The van der Waals surface area contributed by atoms with Crippen molar-refractivity contribution < 1.29 is 9.59 Å². The van der Waals surface area contributed by atoms with Crippen molar-refractivity contribution in [3.8, 4) is 0 Å². The minimum absolute atomic E-state index is 0.123. The molecule has 0 saturated carbocycles. The number of alkyl halides is 1. The molecule has 7 heteroatoms. The SMILES string of the molecule is CC(Cn1ccnc1)NC(=O)NC(=O)C(C)Cl. The maximum Gasteiger partial charge on any atom is 0.321 e. The lowest BCUT2D eigenvalue weighted by Gasteiger charge is -2.14. The molecule has 1 aromatic heterocycles. The van der Waals surface area contributed by atoms with E-state index in [0.717, 1.165) is 0 Å². The van der Waals surface area contributed by atoms with Crippen molar-refractivity contribution in [3.63, 3.8) is 0 Å². The van der Waals surface area contributed by atoms with Gasteiger partial charge in [0, 0.05) is 25.0 Å². The fourth-order valence-corrected chi connectivity index (χ4v) is 1.28. The van der Waals surface area contributed by atoms with Gasteiger partial charge in [0.1, 0.15) is 5.38 Å². The first-order valence-corrected chi connectivity index (χ1v) is 5.64. The predicted octanol–water partition coefficient (Wildman–Crippen LogP) is 0.725. The molecule has 0 radical (unpaired) electrons. The number of aromatic nitrogens is 2. The van der Waals surface area contributed by atoms with Crippen LogP contribution in [0, 0.1) is 0 Å². The van der Waals surface area contributed by atoms with Gasteiger partial charge in [-0.25, -0.2) is 9.78 Å². The molecule has 2 unspecified atom stereocenters. The predicted molar refractivity (Wildman–Crippen MR) is 63.7 cm³/mol. The van der Waals surface area contributed by atoms with Crippen LogP contribution in [-0.4, -0.2) is 32.9 Å². The number of urea groups is 1. The first-order valence-electron chi connectivity index (χ1n) is 5.20. The first-order chi connectivity index (χ1) is 7.99. The number of nitrogens with zero attached hydrogens (tertiary/aromatic N) is 2. The molecule has 2 atom stereocenters. The second-order valence-corrected chi connectivity index (χ2v) is 4.39. The van der Waals surface area contributed by atoms with E-state index in [2.05, 4.69) is 15.6 Å². The number of carbonyl (C=O) groups excluding carboxylic acids is 2. The summed E-state index contributed by atoms with van der Waals surface area (Å²) in [7, 11) is 0. The lowest BCUT2D eigenvalue weighted by atomic mass is 10.3. The third kappa shape index (κ3) is 4.86. The van der Waals surface area contributed by atoms with Crippen molar-refractivity contribution in [2.45, 2.75) is 31.8 Å². The molecular weight excluding hydrogens is 244 g/mol. The average Bonchev–Trinajstić information content (AvgIpc) is 2.69. The van der Waals surface area contributed by atoms with Gasteiger partial charge in [-0.15, -0.1) is 11.6 Å². The molecule has 0 aliphatic rings. The van der Waals surface area contributed by atoms with Gasteiger partial charge < -0.3 is 9.88 Å². The third-order valence-electron chi connectivity index (χ3n) is 2.02. The van der Waals surface area contributed by atoms with Crippen LogP contribution in [0.4, 0.5) is 4.79 Å². The van der Waals surface area contributed by atoms with E-state index in [1.165, 1.54) is 6.92 Å². The standard InChI is InChI=1S/C10H15ClN4O2/c1-7(5-15-4-3-12-6-15)13-10(17)14-9(16)8(2)11/h3-4,6-8H,5H2,1-2H3,(H2,13,14,16,17). The Kier molecular flexibility index (Phi) is 4.96. The van der Waals surface area contributed by atoms with Gasteiger partial charge in [0.15, 0.2) is 0 Å². The van der Waals surface area contributed by atoms with Crippen LogP contribution in [-0.2, 0) is 11.3 Å². The van der Waals surface area contributed by atoms with Crippen LogP contribution in [0.3, 0.4) is 0 Å². The van der Waals surface area contributed by atoms with Gasteiger partial charge in [-0.3, -0.25) is 10.1 Å². The number of halogens is 1. The molecule has 0 aliphatic carbocycles. The van der Waals surface area contributed by atoms with Crippen molar-refractivity contribution in [3.05, 3.63) is 18.7 Å². The van der Waals surface area contributed by atoms with Gasteiger partial charge >= 0.3 is 6.03 Å². The number of amides is 3.